The zero-order valence-electron chi connectivity index (χ0n) is 5.46. The Labute approximate surface area is 78.2 Å². The van der Waals surface area contributed by atoms with E-state index in [4.69, 9.17) is 0 Å². The van der Waals surface area contributed by atoms with E-state index in [-0.39, 0.29) is 0 Å². The molecule has 0 saturated heterocycles. The minimum Gasteiger partial charge on any atom is -0.544 e. The summed E-state index contributed by atoms with van der Waals surface area (Å²) in [5, 5.41) is -0.937. The average Bonchev–Trinajstić information content (AvgIpc) is 1.84. The highest BCUT2D eigenvalue weighted by Crippen LogP contribution is 2.49. The summed E-state index contributed by atoms with van der Waals surface area (Å²) >= 11 is 7.82. The van der Waals surface area contributed by atoms with Gasteiger partial charge < -0.3 is 9.90 Å². The number of halogens is 7. The molecule has 9 heteroatoms. The lowest BCUT2D eigenvalue weighted by Crippen LogP contribution is -2.59. The Balaban J connectivity index is 5.16. The molecule has 1 atom stereocenters. The predicted molar refractivity (Wildman–Crippen MR) is 30.4 cm³/mol. The van der Waals surface area contributed by atoms with Crippen molar-refractivity contribution in [3.63, 3.8) is 0 Å². The summed E-state index contributed by atoms with van der Waals surface area (Å²) in [6.07, 6.45) is 0. The first-order valence-corrected chi connectivity index (χ1v) is 3.24. The molecule has 0 aliphatic rings. The Hall–Kier alpha value is -0.300. The van der Waals surface area contributed by atoms with Crippen molar-refractivity contribution in [2.24, 2.45) is 0 Å². The van der Waals surface area contributed by atoms with Gasteiger partial charge in [0.1, 0.15) is 5.97 Å². The highest BCUT2D eigenvalue weighted by atomic mass is 35.5. The monoisotopic (exact) mass is 245 g/mol. The lowest BCUT2D eigenvalue weighted by atomic mass is 10.2. The molecule has 0 heterocycles. The molecule has 0 bridgehead atoms. The fourth-order valence-electron chi connectivity index (χ4n) is 0.306. The fraction of sp³-hybridized carbons (Fsp3) is 0.750. The largest absolute Gasteiger partial charge is 0.544 e. The van der Waals surface area contributed by atoms with E-state index in [1.54, 1.807) is 0 Å². The number of hydrogen-bond donors (Lipinski definition) is 0. The van der Waals surface area contributed by atoms with Crippen molar-refractivity contribution in [1.29, 1.82) is 0 Å². The zero-order chi connectivity index (χ0) is 11.1. The summed E-state index contributed by atoms with van der Waals surface area (Å²) in [6, 6.07) is 0. The average molecular weight is 246 g/mol. The molecule has 0 aliphatic heterocycles. The van der Waals surface area contributed by atoms with Gasteiger partial charge in [0.15, 0.2) is 0 Å². The van der Waals surface area contributed by atoms with Gasteiger partial charge in [-0.25, -0.2) is 4.39 Å². The Bertz CT molecular complexity index is 223. The lowest BCUT2D eigenvalue weighted by Gasteiger charge is -2.30. The van der Waals surface area contributed by atoms with Crippen LogP contribution in [0.3, 0.4) is 0 Å². The molecule has 0 aromatic heterocycles. The third kappa shape index (κ3) is 1.96. The van der Waals surface area contributed by atoms with Crippen LogP contribution in [0.5, 0.6) is 0 Å². The second kappa shape index (κ2) is 3.13. The third-order valence-electron chi connectivity index (χ3n) is 1.01. The summed E-state index contributed by atoms with van der Waals surface area (Å²) in [6.45, 7) is 0. The molecule has 0 fully saturated rings. The van der Waals surface area contributed by atoms with Gasteiger partial charge in [-0.3, -0.25) is 0 Å². The predicted octanol–water partition coefficient (Wildman–Crippen LogP) is 1.11. The Morgan fingerprint density at radius 2 is 1.38 bits per heavy atom. The van der Waals surface area contributed by atoms with Gasteiger partial charge in [0.25, 0.3) is 0 Å². The van der Waals surface area contributed by atoms with Gasteiger partial charge in [0, 0.05) is 0 Å². The van der Waals surface area contributed by atoms with Gasteiger partial charge >= 0.3 is 16.4 Å². The van der Waals surface area contributed by atoms with E-state index < -0.39 is 22.4 Å². The van der Waals surface area contributed by atoms with Crippen molar-refractivity contribution < 1.29 is 31.9 Å². The number of carboxylic acids is 1. The van der Waals surface area contributed by atoms with Crippen LogP contribution in [0, 0.1) is 0 Å². The van der Waals surface area contributed by atoms with E-state index in [2.05, 4.69) is 23.2 Å². The van der Waals surface area contributed by atoms with Crippen LogP contribution in [0.1, 0.15) is 0 Å². The summed E-state index contributed by atoms with van der Waals surface area (Å²) in [5.41, 5.74) is 0. The summed E-state index contributed by atoms with van der Waals surface area (Å²) < 4.78 is 60.2. The quantitative estimate of drug-likeness (QED) is 0.552. The van der Waals surface area contributed by atoms with Crippen molar-refractivity contribution in [3.8, 4) is 0 Å². The van der Waals surface area contributed by atoms with E-state index in [9.17, 15) is 31.9 Å². The van der Waals surface area contributed by atoms with E-state index in [1.165, 1.54) is 0 Å². The van der Waals surface area contributed by atoms with Gasteiger partial charge in [-0.15, -0.1) is 0 Å². The number of carbonyl (C=O) groups excluding carboxylic acids is 1. The number of aliphatic carboxylic acids is 1. The molecular formula is C4Cl2F5O2-. The normalized spacial score (nSPS) is 18.1. The molecule has 2 nitrogen and oxygen atoms in total. The first-order valence-electron chi connectivity index (χ1n) is 2.48. The second-order valence-electron chi connectivity index (χ2n) is 1.93. The molecule has 1 unspecified atom stereocenters. The van der Waals surface area contributed by atoms with Crippen molar-refractivity contribution in [2.45, 2.75) is 16.4 Å². The second-order valence-corrected chi connectivity index (χ2v) is 2.93. The number of rotatable bonds is 3. The van der Waals surface area contributed by atoms with Crippen LogP contribution >= 0.6 is 23.2 Å². The third-order valence-corrected chi connectivity index (χ3v) is 1.84. The number of carboxylic acid groups (broad SMARTS) is 1. The first kappa shape index (κ1) is 12.7. The van der Waals surface area contributed by atoms with Crippen molar-refractivity contribution in [1.82, 2.24) is 0 Å². The SMILES string of the molecule is O=C([O-])C(F)(F)C(F)(Cl)C(F)(F)Cl. The minimum absolute atomic E-state index is 3.38. The van der Waals surface area contributed by atoms with Crippen LogP contribution in [0.2, 0.25) is 0 Å². The van der Waals surface area contributed by atoms with Crippen LogP contribution in [-0.2, 0) is 4.79 Å². The zero-order valence-corrected chi connectivity index (χ0v) is 6.97. The molecule has 0 rings (SSSR count). The van der Waals surface area contributed by atoms with Crippen LogP contribution in [0.4, 0.5) is 22.0 Å². The molecule has 0 spiro atoms. The minimum atomic E-state index is -5.60. The maximum atomic E-state index is 12.3. The Morgan fingerprint density at radius 1 is 1.08 bits per heavy atom. The van der Waals surface area contributed by atoms with E-state index in [1.807, 2.05) is 0 Å². The van der Waals surface area contributed by atoms with E-state index >= 15 is 0 Å². The molecule has 0 aliphatic carbocycles. The summed E-state index contributed by atoms with van der Waals surface area (Å²) in [5.74, 6) is -8.98. The highest BCUT2D eigenvalue weighted by Gasteiger charge is 2.69. The van der Waals surface area contributed by atoms with Crippen LogP contribution in [-0.4, -0.2) is 22.4 Å². The summed E-state index contributed by atoms with van der Waals surface area (Å²) in [4.78, 5) is 9.54. The molecule has 0 aromatic rings. The van der Waals surface area contributed by atoms with Crippen LogP contribution in [0.15, 0.2) is 0 Å². The van der Waals surface area contributed by atoms with Gasteiger partial charge in [0.2, 0.25) is 0 Å². The topological polar surface area (TPSA) is 40.1 Å². The van der Waals surface area contributed by atoms with Crippen molar-refractivity contribution in [2.75, 3.05) is 0 Å². The van der Waals surface area contributed by atoms with Gasteiger partial charge in [-0.1, -0.05) is 11.6 Å². The maximum absolute atomic E-state index is 12.3. The maximum Gasteiger partial charge on any atom is 0.375 e. The van der Waals surface area contributed by atoms with Crippen LogP contribution in [0.25, 0.3) is 0 Å². The fourth-order valence-corrected chi connectivity index (χ4v) is 0.502. The van der Waals surface area contributed by atoms with Crippen molar-refractivity contribution in [3.05, 3.63) is 0 Å². The molecule has 0 amide bonds. The molecule has 0 radical (unpaired) electrons. The standard InChI is InChI=1S/C4HCl2F5O2/c5-3(9,4(6,10)11)2(7,8)1(12)13/h(H,12,13)/p-1. The van der Waals surface area contributed by atoms with Gasteiger partial charge in [-0.05, 0) is 11.6 Å². The van der Waals surface area contributed by atoms with Crippen molar-refractivity contribution >= 4 is 29.2 Å². The summed E-state index contributed by atoms with van der Waals surface area (Å²) in [7, 11) is 0. The molecule has 0 saturated carbocycles. The number of hydrogen-bond acceptors (Lipinski definition) is 2. The molecule has 13 heavy (non-hydrogen) atoms. The Morgan fingerprint density at radius 3 is 1.46 bits per heavy atom. The number of alkyl halides is 7. The lowest BCUT2D eigenvalue weighted by molar-refractivity contribution is -0.340. The van der Waals surface area contributed by atoms with E-state index in [0.29, 0.717) is 0 Å². The van der Waals surface area contributed by atoms with Crippen LogP contribution < -0.4 is 5.11 Å². The number of carbonyl (C=O) groups is 1. The van der Waals surface area contributed by atoms with Gasteiger partial charge in [-0.2, -0.15) is 17.6 Å². The smallest absolute Gasteiger partial charge is 0.375 e. The molecule has 0 N–H and O–H groups in total. The molecule has 0 aromatic carbocycles. The first-order chi connectivity index (χ1) is 5.44. The Kier molecular flexibility index (Phi) is 3.05. The highest BCUT2D eigenvalue weighted by molar-refractivity contribution is 6.34. The molecular weight excluding hydrogens is 246 g/mol. The van der Waals surface area contributed by atoms with Gasteiger partial charge in [0.05, 0.1) is 0 Å². The molecule has 78 valence electrons. The van der Waals surface area contributed by atoms with E-state index in [0.717, 1.165) is 0 Å².